The molecule has 0 aliphatic rings. The van der Waals surface area contributed by atoms with Gasteiger partial charge >= 0.3 is 0 Å². The van der Waals surface area contributed by atoms with Crippen molar-refractivity contribution in [3.63, 3.8) is 0 Å². The van der Waals surface area contributed by atoms with E-state index in [9.17, 15) is 0 Å². The lowest BCUT2D eigenvalue weighted by molar-refractivity contribution is 0.633. The van der Waals surface area contributed by atoms with E-state index in [-0.39, 0.29) is 0 Å². The lowest BCUT2D eigenvalue weighted by Crippen LogP contribution is -2.28. The van der Waals surface area contributed by atoms with E-state index in [4.69, 9.17) is 12.2 Å². The molecule has 0 unspecified atom stereocenters. The molecule has 0 saturated carbocycles. The van der Waals surface area contributed by atoms with E-state index >= 15 is 0 Å². The molecule has 0 radical (unpaired) electrons. The van der Waals surface area contributed by atoms with Crippen molar-refractivity contribution in [3.8, 4) is 0 Å². The third-order valence-electron chi connectivity index (χ3n) is 3.89. The third kappa shape index (κ3) is 3.65. The minimum Gasteiger partial charge on any atom is -0.358 e. The van der Waals surface area contributed by atoms with Crippen molar-refractivity contribution in [2.45, 2.75) is 47.7 Å². The van der Waals surface area contributed by atoms with Crippen LogP contribution in [0.3, 0.4) is 0 Å². The zero-order valence-corrected chi connectivity index (χ0v) is 14.8. The van der Waals surface area contributed by atoms with Crippen molar-refractivity contribution in [2.75, 3.05) is 5.32 Å². The summed E-state index contributed by atoms with van der Waals surface area (Å²) in [5.74, 6) is 0. The van der Waals surface area contributed by atoms with Gasteiger partial charge in [0.2, 0.25) is 0 Å². The van der Waals surface area contributed by atoms with Gasteiger partial charge in [-0.1, -0.05) is 17.7 Å². The molecule has 118 valence electrons. The first-order valence-corrected chi connectivity index (χ1v) is 7.98. The Morgan fingerprint density at radius 2 is 1.95 bits per heavy atom. The lowest BCUT2D eigenvalue weighted by Gasteiger charge is -2.13. The van der Waals surface area contributed by atoms with Gasteiger partial charge < -0.3 is 10.6 Å². The van der Waals surface area contributed by atoms with Crippen LogP contribution in [0.5, 0.6) is 0 Å². The molecule has 0 atom stereocenters. The van der Waals surface area contributed by atoms with Gasteiger partial charge in [0.25, 0.3) is 0 Å². The van der Waals surface area contributed by atoms with Crippen molar-refractivity contribution in [2.24, 2.45) is 0 Å². The van der Waals surface area contributed by atoms with Gasteiger partial charge in [-0.3, -0.25) is 4.68 Å². The Labute approximate surface area is 137 Å². The zero-order chi connectivity index (χ0) is 16.3. The van der Waals surface area contributed by atoms with Gasteiger partial charge in [0.15, 0.2) is 5.11 Å². The Kier molecular flexibility index (Phi) is 5.19. The summed E-state index contributed by atoms with van der Waals surface area (Å²) in [6.45, 7) is 12.0. The maximum Gasteiger partial charge on any atom is 0.171 e. The minimum absolute atomic E-state index is 0.634. The summed E-state index contributed by atoms with van der Waals surface area (Å²) in [6, 6.07) is 6.28. The van der Waals surface area contributed by atoms with Gasteiger partial charge in [-0.05, 0) is 58.5 Å². The molecule has 2 rings (SSSR count). The van der Waals surface area contributed by atoms with E-state index in [0.717, 1.165) is 17.9 Å². The Balaban J connectivity index is 2.00. The van der Waals surface area contributed by atoms with Crippen molar-refractivity contribution < 1.29 is 0 Å². The maximum absolute atomic E-state index is 5.40. The lowest BCUT2D eigenvalue weighted by atomic mass is 10.1. The Morgan fingerprint density at radius 1 is 1.23 bits per heavy atom. The summed E-state index contributed by atoms with van der Waals surface area (Å²) < 4.78 is 2.02. The molecule has 1 heterocycles. The number of thiocarbonyl (C=S) groups is 1. The molecule has 0 aliphatic heterocycles. The van der Waals surface area contributed by atoms with Crippen LogP contribution < -0.4 is 10.6 Å². The first-order valence-electron chi connectivity index (χ1n) is 7.57. The van der Waals surface area contributed by atoms with Crippen LogP contribution in [0.2, 0.25) is 0 Å². The van der Waals surface area contributed by atoms with E-state index in [2.05, 4.69) is 61.6 Å². The summed E-state index contributed by atoms with van der Waals surface area (Å²) in [7, 11) is 0. The molecular formula is C17H24N4S. The molecule has 1 aromatic heterocycles. The fourth-order valence-electron chi connectivity index (χ4n) is 2.59. The largest absolute Gasteiger partial charge is 0.358 e. The molecule has 0 aliphatic carbocycles. The predicted molar refractivity (Wildman–Crippen MR) is 96.4 cm³/mol. The number of nitrogens with one attached hydrogen (secondary N) is 2. The van der Waals surface area contributed by atoms with Crippen molar-refractivity contribution in [3.05, 3.63) is 46.3 Å². The van der Waals surface area contributed by atoms with Gasteiger partial charge in [-0.25, -0.2) is 0 Å². The number of rotatable bonds is 4. The third-order valence-corrected chi connectivity index (χ3v) is 4.13. The number of aryl methyl sites for hydroxylation is 4. The standard InChI is InChI=1S/C17H24N4S/c1-6-21-14(5)15(13(4)20-21)10-18-17(22)19-16-8-7-11(2)9-12(16)3/h7-9H,6,10H2,1-5H3,(H2,18,19,22). The minimum atomic E-state index is 0.634. The molecule has 0 spiro atoms. The van der Waals surface area contributed by atoms with Gasteiger partial charge in [0, 0.05) is 30.0 Å². The highest BCUT2D eigenvalue weighted by Gasteiger charge is 2.10. The van der Waals surface area contributed by atoms with Gasteiger partial charge in [-0.2, -0.15) is 5.10 Å². The molecule has 2 N–H and O–H groups in total. The van der Waals surface area contributed by atoms with Crippen LogP contribution in [0, 0.1) is 27.7 Å². The summed E-state index contributed by atoms with van der Waals surface area (Å²) in [5, 5.41) is 11.7. The highest BCUT2D eigenvalue weighted by Crippen LogP contribution is 2.16. The van der Waals surface area contributed by atoms with Gasteiger partial charge in [0.1, 0.15) is 0 Å². The first-order chi connectivity index (χ1) is 10.4. The second kappa shape index (κ2) is 6.92. The smallest absolute Gasteiger partial charge is 0.171 e. The summed E-state index contributed by atoms with van der Waals surface area (Å²) in [4.78, 5) is 0. The monoisotopic (exact) mass is 316 g/mol. The molecule has 0 bridgehead atoms. The maximum atomic E-state index is 5.40. The van der Waals surface area contributed by atoms with Crippen LogP contribution in [-0.2, 0) is 13.1 Å². The average Bonchev–Trinajstić information content (AvgIpc) is 2.74. The quantitative estimate of drug-likeness (QED) is 0.845. The molecule has 0 saturated heterocycles. The predicted octanol–water partition coefficient (Wildman–Crippen LogP) is 3.62. The highest BCUT2D eigenvalue weighted by molar-refractivity contribution is 7.80. The number of anilines is 1. The van der Waals surface area contributed by atoms with Gasteiger partial charge in [-0.15, -0.1) is 0 Å². The number of hydrogen-bond donors (Lipinski definition) is 2. The van der Waals surface area contributed by atoms with Crippen molar-refractivity contribution in [1.29, 1.82) is 0 Å². The second-order valence-electron chi connectivity index (χ2n) is 5.59. The topological polar surface area (TPSA) is 41.9 Å². The summed E-state index contributed by atoms with van der Waals surface area (Å²) in [6.07, 6.45) is 0. The number of benzene rings is 1. The van der Waals surface area contributed by atoms with Crippen molar-refractivity contribution >= 4 is 23.0 Å². The molecule has 2 aromatic rings. The van der Waals surface area contributed by atoms with E-state index in [1.54, 1.807) is 0 Å². The fourth-order valence-corrected chi connectivity index (χ4v) is 2.77. The molecule has 4 nitrogen and oxygen atoms in total. The Hall–Kier alpha value is -1.88. The van der Waals surface area contributed by atoms with Crippen LogP contribution in [0.15, 0.2) is 18.2 Å². The second-order valence-corrected chi connectivity index (χ2v) is 6.00. The molecule has 0 amide bonds. The first kappa shape index (κ1) is 16.5. The molecule has 0 fully saturated rings. The van der Waals surface area contributed by atoms with Crippen molar-refractivity contribution in [1.82, 2.24) is 15.1 Å². The van der Waals surface area contributed by atoms with Crippen LogP contribution in [0.25, 0.3) is 0 Å². The van der Waals surface area contributed by atoms with Crippen LogP contribution in [0.1, 0.15) is 35.0 Å². The van der Waals surface area contributed by atoms with E-state index in [0.29, 0.717) is 11.7 Å². The summed E-state index contributed by atoms with van der Waals surface area (Å²) in [5.41, 5.74) is 6.95. The normalized spacial score (nSPS) is 10.6. The van der Waals surface area contributed by atoms with Crippen LogP contribution >= 0.6 is 12.2 Å². The fraction of sp³-hybridized carbons (Fsp3) is 0.412. The molecule has 22 heavy (non-hydrogen) atoms. The molecule has 5 heteroatoms. The van der Waals surface area contributed by atoms with Crippen LogP contribution in [-0.4, -0.2) is 14.9 Å². The number of aromatic nitrogens is 2. The molecular weight excluding hydrogens is 292 g/mol. The Bertz CT molecular complexity index is 688. The van der Waals surface area contributed by atoms with E-state index < -0.39 is 0 Å². The van der Waals surface area contributed by atoms with E-state index in [1.165, 1.54) is 22.4 Å². The van der Waals surface area contributed by atoms with E-state index in [1.807, 2.05) is 11.6 Å². The highest BCUT2D eigenvalue weighted by atomic mass is 32.1. The Morgan fingerprint density at radius 3 is 2.55 bits per heavy atom. The average molecular weight is 316 g/mol. The number of hydrogen-bond acceptors (Lipinski definition) is 2. The molecule has 1 aromatic carbocycles. The van der Waals surface area contributed by atoms with Gasteiger partial charge in [0.05, 0.1) is 5.69 Å². The zero-order valence-electron chi connectivity index (χ0n) is 13.9. The van der Waals surface area contributed by atoms with Crippen LogP contribution in [0.4, 0.5) is 5.69 Å². The number of nitrogens with zero attached hydrogens (tertiary/aromatic N) is 2. The summed E-state index contributed by atoms with van der Waals surface area (Å²) >= 11 is 5.40. The SMILES string of the molecule is CCn1nc(C)c(CNC(=S)Nc2ccc(C)cc2C)c1C.